The van der Waals surface area contributed by atoms with Crippen LogP contribution in [0.3, 0.4) is 0 Å². The van der Waals surface area contributed by atoms with Gasteiger partial charge >= 0.3 is 12.1 Å². The molecule has 0 radical (unpaired) electrons. The average molecular weight is 368 g/mol. The number of rotatable bonds is 5. The van der Waals surface area contributed by atoms with Gasteiger partial charge in [-0.3, -0.25) is 10.2 Å². The first-order valence-electron chi connectivity index (χ1n) is 8.86. The van der Waals surface area contributed by atoms with Crippen molar-refractivity contribution in [1.29, 1.82) is 0 Å². The van der Waals surface area contributed by atoms with Crippen molar-refractivity contribution in [3.8, 4) is 0 Å². The van der Waals surface area contributed by atoms with Crippen LogP contribution < -0.4 is 5.32 Å². The molecule has 3 rings (SSSR count). The lowest BCUT2D eigenvalue weighted by atomic mass is 9.84. The van der Waals surface area contributed by atoms with Gasteiger partial charge in [0.1, 0.15) is 0 Å². The van der Waals surface area contributed by atoms with Crippen LogP contribution in [0.25, 0.3) is 0 Å². The second kappa shape index (κ2) is 8.57. The van der Waals surface area contributed by atoms with Crippen LogP contribution in [0.5, 0.6) is 0 Å². The largest absolute Gasteiger partial charge is 0.461 e. The van der Waals surface area contributed by atoms with Crippen LogP contribution >= 0.6 is 11.5 Å². The Hall–Kier alpha value is -1.74. The van der Waals surface area contributed by atoms with Crippen molar-refractivity contribution in [1.82, 2.24) is 14.5 Å². The van der Waals surface area contributed by atoms with E-state index in [2.05, 4.69) is 19.8 Å². The number of piperidine rings is 2. The molecule has 9 heteroatoms. The minimum Gasteiger partial charge on any atom is -0.461 e. The molecule has 1 N–H and O–H groups in total. The molecule has 8 nitrogen and oxygen atoms in total. The molecule has 138 valence electrons. The van der Waals surface area contributed by atoms with Crippen molar-refractivity contribution >= 4 is 28.6 Å². The van der Waals surface area contributed by atoms with Crippen molar-refractivity contribution in [2.45, 2.75) is 45.1 Å². The van der Waals surface area contributed by atoms with Gasteiger partial charge in [0, 0.05) is 23.5 Å². The summed E-state index contributed by atoms with van der Waals surface area (Å²) in [6.07, 6.45) is 5.35. The highest BCUT2D eigenvalue weighted by Gasteiger charge is 2.33. The molecule has 0 aliphatic carbocycles. The first-order valence-corrected chi connectivity index (χ1v) is 9.63. The number of fused-ring (bicyclic) bond motifs is 1. The number of aromatic nitrogens is 2. The van der Waals surface area contributed by atoms with Gasteiger partial charge in [-0.05, 0) is 45.7 Å². The number of carbonyl (C=O) groups excluding carboxylic acids is 2. The van der Waals surface area contributed by atoms with Gasteiger partial charge in [-0.15, -0.1) is 5.10 Å². The highest BCUT2D eigenvalue weighted by Crippen LogP contribution is 2.31. The zero-order valence-corrected chi connectivity index (χ0v) is 15.2. The molecule has 0 saturated carbocycles. The van der Waals surface area contributed by atoms with E-state index in [0.717, 1.165) is 37.5 Å². The first-order chi connectivity index (χ1) is 12.2. The molecule has 1 aromatic heterocycles. The molecule has 0 aromatic carbocycles. The minimum absolute atomic E-state index is 0.0138. The van der Waals surface area contributed by atoms with E-state index < -0.39 is 12.1 Å². The van der Waals surface area contributed by atoms with E-state index in [1.165, 1.54) is 19.3 Å². The summed E-state index contributed by atoms with van der Waals surface area (Å²) in [7, 11) is 0. The normalized spacial score (nSPS) is 23.6. The molecular weight excluding hydrogens is 344 g/mol. The molecule has 0 spiro atoms. The Morgan fingerprint density at radius 3 is 2.92 bits per heavy atom. The standard InChI is InChI=1S/C16H24N4O4S/c1-2-23-15(21)13-14(25-19-18-13)17-16(22)24-10-11-6-5-9-20-8-4-3-7-12(11)20/h11-12H,2-10H2,1H3,(H,17,22)/t11-,12-/m0/s1. The van der Waals surface area contributed by atoms with Gasteiger partial charge in [-0.1, -0.05) is 10.9 Å². The summed E-state index contributed by atoms with van der Waals surface area (Å²) in [4.78, 5) is 26.4. The first kappa shape index (κ1) is 18.1. The van der Waals surface area contributed by atoms with Crippen molar-refractivity contribution in [2.24, 2.45) is 5.92 Å². The van der Waals surface area contributed by atoms with Gasteiger partial charge in [0.25, 0.3) is 0 Å². The fourth-order valence-electron chi connectivity index (χ4n) is 3.69. The molecule has 2 saturated heterocycles. The second-order valence-corrected chi connectivity index (χ2v) is 7.15. The van der Waals surface area contributed by atoms with E-state index >= 15 is 0 Å². The van der Waals surface area contributed by atoms with Crippen LogP contribution in [-0.2, 0) is 9.47 Å². The lowest BCUT2D eigenvalue weighted by Gasteiger charge is -2.44. The Kier molecular flexibility index (Phi) is 6.19. The van der Waals surface area contributed by atoms with Gasteiger partial charge in [0.05, 0.1) is 13.2 Å². The van der Waals surface area contributed by atoms with E-state index in [-0.39, 0.29) is 17.3 Å². The summed E-state index contributed by atoms with van der Waals surface area (Å²) in [5.41, 5.74) is 0.0138. The molecule has 0 bridgehead atoms. The van der Waals surface area contributed by atoms with Gasteiger partial charge in [-0.25, -0.2) is 9.59 Å². The molecule has 3 heterocycles. The van der Waals surface area contributed by atoms with E-state index in [0.29, 0.717) is 18.6 Å². The van der Waals surface area contributed by atoms with Crippen molar-refractivity contribution in [3.63, 3.8) is 0 Å². The maximum atomic E-state index is 12.1. The van der Waals surface area contributed by atoms with E-state index in [1.807, 2.05) is 0 Å². The predicted molar refractivity (Wildman–Crippen MR) is 92.8 cm³/mol. The Balaban J connectivity index is 1.51. The third-order valence-electron chi connectivity index (χ3n) is 4.83. The molecule has 1 aromatic rings. The predicted octanol–water partition coefficient (Wildman–Crippen LogP) is 2.53. The highest BCUT2D eigenvalue weighted by atomic mass is 32.1. The van der Waals surface area contributed by atoms with Gasteiger partial charge in [0.15, 0.2) is 5.00 Å². The Morgan fingerprint density at radius 2 is 2.08 bits per heavy atom. The molecule has 2 aliphatic heterocycles. The van der Waals surface area contributed by atoms with Gasteiger partial charge in [0.2, 0.25) is 5.69 Å². The van der Waals surface area contributed by atoms with Crippen LogP contribution in [0.4, 0.5) is 9.80 Å². The average Bonchev–Trinajstić information content (AvgIpc) is 3.08. The third-order valence-corrected chi connectivity index (χ3v) is 5.47. The number of esters is 1. The van der Waals surface area contributed by atoms with E-state index in [9.17, 15) is 9.59 Å². The third kappa shape index (κ3) is 4.46. The summed E-state index contributed by atoms with van der Waals surface area (Å²) >= 11 is 0.930. The highest BCUT2D eigenvalue weighted by molar-refractivity contribution is 7.10. The number of nitrogens with one attached hydrogen (secondary N) is 1. The maximum absolute atomic E-state index is 12.1. The second-order valence-electron chi connectivity index (χ2n) is 6.40. The molecular formula is C16H24N4O4S. The monoisotopic (exact) mass is 368 g/mol. The van der Waals surface area contributed by atoms with Gasteiger partial charge in [-0.2, -0.15) is 0 Å². The zero-order valence-electron chi connectivity index (χ0n) is 14.4. The lowest BCUT2D eigenvalue weighted by Crippen LogP contribution is -2.49. The van der Waals surface area contributed by atoms with Crippen molar-refractivity contribution < 1.29 is 19.1 Å². The number of anilines is 1. The fraction of sp³-hybridized carbons (Fsp3) is 0.750. The fourth-order valence-corrected chi connectivity index (χ4v) is 4.23. The minimum atomic E-state index is -0.600. The Bertz CT molecular complexity index is 607. The SMILES string of the molecule is CCOC(=O)c1nnsc1NC(=O)OC[C@@H]1CCCN2CCCC[C@@H]12. The topological polar surface area (TPSA) is 93.7 Å². The summed E-state index contributed by atoms with van der Waals surface area (Å²) in [6.45, 7) is 4.65. The number of hydrogen-bond donors (Lipinski definition) is 1. The van der Waals surface area contributed by atoms with Crippen LogP contribution in [0.1, 0.15) is 49.5 Å². The number of ether oxygens (including phenoxy) is 2. The molecule has 2 aliphatic rings. The number of nitrogens with zero attached hydrogens (tertiary/aromatic N) is 3. The molecule has 2 fully saturated rings. The lowest BCUT2D eigenvalue weighted by molar-refractivity contribution is 0.0261. The number of carbonyl (C=O) groups is 2. The number of amides is 1. The van der Waals surface area contributed by atoms with Gasteiger partial charge < -0.3 is 9.47 Å². The quantitative estimate of drug-likeness (QED) is 0.798. The Morgan fingerprint density at radius 1 is 1.24 bits per heavy atom. The summed E-state index contributed by atoms with van der Waals surface area (Å²) in [5, 5.41) is 6.52. The van der Waals surface area contributed by atoms with Crippen LogP contribution in [0, 0.1) is 5.92 Å². The molecule has 2 atom stereocenters. The summed E-state index contributed by atoms with van der Waals surface area (Å²) in [6, 6.07) is 0.524. The van der Waals surface area contributed by atoms with Crippen LogP contribution in [-0.4, -0.2) is 58.9 Å². The summed E-state index contributed by atoms with van der Waals surface area (Å²) in [5.74, 6) is -0.222. The number of hydrogen-bond acceptors (Lipinski definition) is 8. The molecule has 25 heavy (non-hydrogen) atoms. The Labute approximate surface area is 151 Å². The zero-order chi connectivity index (χ0) is 17.6. The van der Waals surface area contributed by atoms with E-state index in [1.54, 1.807) is 6.92 Å². The van der Waals surface area contributed by atoms with Crippen molar-refractivity contribution in [2.75, 3.05) is 31.6 Å². The smallest absolute Gasteiger partial charge is 0.412 e. The summed E-state index contributed by atoms with van der Waals surface area (Å²) < 4.78 is 14.0. The molecule has 0 unspecified atom stereocenters. The maximum Gasteiger partial charge on any atom is 0.412 e. The van der Waals surface area contributed by atoms with E-state index in [4.69, 9.17) is 9.47 Å². The van der Waals surface area contributed by atoms with Crippen LogP contribution in [0.15, 0.2) is 0 Å². The molecule has 1 amide bonds. The van der Waals surface area contributed by atoms with Crippen LogP contribution in [0.2, 0.25) is 0 Å². The van der Waals surface area contributed by atoms with Crippen molar-refractivity contribution in [3.05, 3.63) is 5.69 Å².